The molecule has 0 unspecified atom stereocenters. The molecular weight excluding hydrogens is 326 g/mol. The van der Waals surface area contributed by atoms with E-state index in [0.717, 1.165) is 42.7 Å². The first-order valence-electron chi connectivity index (χ1n) is 8.71. The second-order valence-electron chi connectivity index (χ2n) is 6.51. The zero-order chi connectivity index (χ0) is 17.9. The van der Waals surface area contributed by atoms with E-state index in [-0.39, 0.29) is 0 Å². The summed E-state index contributed by atoms with van der Waals surface area (Å²) in [6.07, 6.45) is 10.3. The van der Waals surface area contributed by atoms with Crippen molar-refractivity contribution in [3.05, 3.63) is 65.1 Å². The molecule has 0 spiro atoms. The van der Waals surface area contributed by atoms with Crippen LogP contribution in [0.4, 0.5) is 11.8 Å². The number of nitrogens with one attached hydrogen (secondary N) is 1. The first kappa shape index (κ1) is 16.4. The van der Waals surface area contributed by atoms with Gasteiger partial charge in [0.2, 0.25) is 5.95 Å². The summed E-state index contributed by atoms with van der Waals surface area (Å²) >= 11 is 0. The smallest absolute Gasteiger partial charge is 0.225 e. The summed E-state index contributed by atoms with van der Waals surface area (Å²) < 4.78 is 0. The topological polar surface area (TPSA) is 79.7 Å². The van der Waals surface area contributed by atoms with Crippen molar-refractivity contribution in [2.75, 3.05) is 16.8 Å². The average molecular weight is 347 g/mol. The van der Waals surface area contributed by atoms with E-state index in [4.69, 9.17) is 0 Å². The van der Waals surface area contributed by atoms with E-state index < -0.39 is 0 Å². The van der Waals surface area contributed by atoms with Crippen molar-refractivity contribution in [3.8, 4) is 0 Å². The second kappa shape index (κ2) is 7.03. The Balaban J connectivity index is 1.50. The predicted octanol–water partition coefficient (Wildman–Crippen LogP) is 2.45. The van der Waals surface area contributed by atoms with Crippen molar-refractivity contribution < 1.29 is 0 Å². The Morgan fingerprint density at radius 3 is 2.73 bits per heavy atom. The van der Waals surface area contributed by atoms with E-state index in [9.17, 15) is 0 Å². The molecule has 7 heteroatoms. The van der Waals surface area contributed by atoms with Gasteiger partial charge in [-0.15, -0.1) is 0 Å². The number of hydrogen-bond donors (Lipinski definition) is 1. The molecule has 0 radical (unpaired) electrons. The van der Waals surface area contributed by atoms with E-state index in [1.54, 1.807) is 6.20 Å². The highest BCUT2D eigenvalue weighted by Gasteiger charge is 2.21. The van der Waals surface area contributed by atoms with Crippen LogP contribution in [0.1, 0.15) is 28.1 Å². The summed E-state index contributed by atoms with van der Waals surface area (Å²) in [5, 5.41) is 3.37. The molecule has 3 aromatic heterocycles. The number of pyridine rings is 1. The Morgan fingerprint density at radius 2 is 1.92 bits per heavy atom. The summed E-state index contributed by atoms with van der Waals surface area (Å²) in [6.45, 7) is 6.27. The van der Waals surface area contributed by atoms with Crippen molar-refractivity contribution in [2.45, 2.75) is 33.4 Å². The minimum Gasteiger partial charge on any atom is -0.366 e. The molecule has 7 nitrogen and oxygen atoms in total. The number of aryl methyl sites for hydroxylation is 2. The third-order valence-corrected chi connectivity index (χ3v) is 4.52. The van der Waals surface area contributed by atoms with Gasteiger partial charge in [0.05, 0.1) is 0 Å². The lowest BCUT2D eigenvalue weighted by molar-refractivity contribution is 0.696. The Kier molecular flexibility index (Phi) is 4.43. The lowest BCUT2D eigenvalue weighted by atomic mass is 9.97. The van der Waals surface area contributed by atoms with Crippen LogP contribution < -0.4 is 10.2 Å². The monoisotopic (exact) mass is 347 g/mol. The summed E-state index contributed by atoms with van der Waals surface area (Å²) in [7, 11) is 0. The number of hydrogen-bond acceptors (Lipinski definition) is 7. The van der Waals surface area contributed by atoms with Gasteiger partial charge in [-0.25, -0.2) is 19.9 Å². The summed E-state index contributed by atoms with van der Waals surface area (Å²) in [6, 6.07) is 1.88. The van der Waals surface area contributed by atoms with Gasteiger partial charge < -0.3 is 10.2 Å². The van der Waals surface area contributed by atoms with Crippen LogP contribution in [0.15, 0.2) is 37.1 Å². The van der Waals surface area contributed by atoms with Gasteiger partial charge in [0.25, 0.3) is 0 Å². The first-order chi connectivity index (χ1) is 12.7. The predicted molar refractivity (Wildman–Crippen MR) is 99.9 cm³/mol. The van der Waals surface area contributed by atoms with Gasteiger partial charge in [0.1, 0.15) is 11.6 Å². The third-order valence-electron chi connectivity index (χ3n) is 4.52. The molecule has 4 rings (SSSR count). The van der Waals surface area contributed by atoms with Crippen LogP contribution >= 0.6 is 0 Å². The molecule has 0 aliphatic carbocycles. The standard InChI is InChI=1S/C19H21N7/c1-13-7-23-19(24-8-13)26-6-4-17-15(9-20-10-16(17)12-26)11-22-18-3-5-21-14(2)25-18/h3,5,7-10H,4,6,11-12H2,1-2H3,(H,21,22,25). The molecule has 0 amide bonds. The molecule has 1 aliphatic rings. The fraction of sp³-hybridized carbons (Fsp3) is 0.316. The summed E-state index contributed by atoms with van der Waals surface area (Å²) in [5.74, 6) is 2.37. The maximum Gasteiger partial charge on any atom is 0.225 e. The second-order valence-corrected chi connectivity index (χ2v) is 6.51. The van der Waals surface area contributed by atoms with Crippen molar-refractivity contribution in [1.82, 2.24) is 24.9 Å². The Labute approximate surface area is 152 Å². The molecule has 0 aromatic carbocycles. The average Bonchev–Trinajstić information content (AvgIpc) is 2.66. The lowest BCUT2D eigenvalue weighted by Gasteiger charge is -2.29. The van der Waals surface area contributed by atoms with Crippen LogP contribution in [0, 0.1) is 13.8 Å². The highest BCUT2D eigenvalue weighted by molar-refractivity contribution is 5.43. The number of rotatable bonds is 4. The highest BCUT2D eigenvalue weighted by Crippen LogP contribution is 2.24. The van der Waals surface area contributed by atoms with Crippen LogP contribution in [0.2, 0.25) is 0 Å². The fourth-order valence-electron chi connectivity index (χ4n) is 3.18. The Hall–Kier alpha value is -3.09. The van der Waals surface area contributed by atoms with E-state index in [0.29, 0.717) is 6.54 Å². The van der Waals surface area contributed by atoms with Gasteiger partial charge >= 0.3 is 0 Å². The maximum absolute atomic E-state index is 4.45. The molecular formula is C19H21N7. The Morgan fingerprint density at radius 1 is 1.08 bits per heavy atom. The lowest BCUT2D eigenvalue weighted by Crippen LogP contribution is -2.32. The number of aromatic nitrogens is 5. The van der Waals surface area contributed by atoms with Crippen LogP contribution in [-0.2, 0) is 19.5 Å². The number of fused-ring (bicyclic) bond motifs is 1. The van der Waals surface area contributed by atoms with Crippen molar-refractivity contribution in [3.63, 3.8) is 0 Å². The van der Waals surface area contributed by atoms with Gasteiger partial charge in [-0.05, 0) is 48.6 Å². The van der Waals surface area contributed by atoms with Crippen LogP contribution in [0.25, 0.3) is 0 Å². The van der Waals surface area contributed by atoms with Crippen molar-refractivity contribution in [1.29, 1.82) is 0 Å². The highest BCUT2D eigenvalue weighted by atomic mass is 15.2. The number of nitrogens with zero attached hydrogens (tertiary/aromatic N) is 6. The van der Waals surface area contributed by atoms with E-state index >= 15 is 0 Å². The fourth-order valence-corrected chi connectivity index (χ4v) is 3.18. The molecule has 0 fully saturated rings. The number of anilines is 2. The van der Waals surface area contributed by atoms with E-state index in [2.05, 4.69) is 35.1 Å². The minimum atomic E-state index is 0.702. The van der Waals surface area contributed by atoms with Crippen LogP contribution in [0.3, 0.4) is 0 Å². The van der Waals surface area contributed by atoms with Crippen molar-refractivity contribution in [2.24, 2.45) is 0 Å². The molecule has 0 saturated heterocycles. The zero-order valence-corrected chi connectivity index (χ0v) is 15.0. The molecule has 132 valence electrons. The first-order valence-corrected chi connectivity index (χ1v) is 8.71. The largest absolute Gasteiger partial charge is 0.366 e. The normalized spacial score (nSPS) is 13.4. The molecule has 0 bridgehead atoms. The molecule has 3 aromatic rings. The summed E-state index contributed by atoms with van der Waals surface area (Å²) in [5.41, 5.74) is 4.88. The van der Waals surface area contributed by atoms with Crippen LogP contribution in [0.5, 0.6) is 0 Å². The molecule has 0 atom stereocenters. The van der Waals surface area contributed by atoms with Gasteiger partial charge in [-0.2, -0.15) is 0 Å². The minimum absolute atomic E-state index is 0.702. The Bertz CT molecular complexity index is 908. The molecule has 0 saturated carbocycles. The summed E-state index contributed by atoms with van der Waals surface area (Å²) in [4.78, 5) is 24.0. The van der Waals surface area contributed by atoms with Crippen molar-refractivity contribution >= 4 is 11.8 Å². The molecule has 1 N–H and O–H groups in total. The molecule has 1 aliphatic heterocycles. The molecule has 4 heterocycles. The van der Waals surface area contributed by atoms with Gasteiger partial charge in [0.15, 0.2) is 0 Å². The molecule has 26 heavy (non-hydrogen) atoms. The zero-order valence-electron chi connectivity index (χ0n) is 15.0. The quantitative estimate of drug-likeness (QED) is 0.776. The third kappa shape index (κ3) is 3.46. The van der Waals surface area contributed by atoms with Gasteiger partial charge in [-0.1, -0.05) is 0 Å². The van der Waals surface area contributed by atoms with Gasteiger partial charge in [0, 0.05) is 50.6 Å². The van der Waals surface area contributed by atoms with Crippen LogP contribution in [-0.4, -0.2) is 31.5 Å². The van der Waals surface area contributed by atoms with Gasteiger partial charge in [-0.3, -0.25) is 4.98 Å². The van der Waals surface area contributed by atoms with E-state index in [1.165, 1.54) is 16.7 Å². The maximum atomic E-state index is 4.45. The van der Waals surface area contributed by atoms with E-state index in [1.807, 2.05) is 44.7 Å². The SMILES string of the molecule is Cc1cnc(N2CCc3c(CNc4ccnc(C)n4)cncc3C2)nc1.